The molecule has 0 spiro atoms. The van der Waals surface area contributed by atoms with Crippen LogP contribution in [0, 0.1) is 5.41 Å². The lowest BCUT2D eigenvalue weighted by molar-refractivity contribution is -0.121. The zero-order chi connectivity index (χ0) is 24.2. The zero-order valence-corrected chi connectivity index (χ0v) is 20.0. The number of thioether (sulfide) groups is 1. The summed E-state index contributed by atoms with van der Waals surface area (Å²) in [6.07, 6.45) is 0.506. The van der Waals surface area contributed by atoms with Crippen molar-refractivity contribution in [3.05, 3.63) is 54.1 Å². The number of hydrogen-bond acceptors (Lipinski definition) is 6. The average molecular weight is 469 g/mol. The van der Waals surface area contributed by atoms with E-state index in [1.807, 2.05) is 32.9 Å². The van der Waals surface area contributed by atoms with E-state index >= 15 is 0 Å². The molecule has 1 heterocycles. The van der Waals surface area contributed by atoms with Crippen molar-refractivity contribution in [3.8, 4) is 0 Å². The molecule has 0 aliphatic carbocycles. The van der Waals surface area contributed by atoms with Crippen LogP contribution in [0.4, 0.5) is 11.4 Å². The van der Waals surface area contributed by atoms with Gasteiger partial charge in [0.15, 0.2) is 0 Å². The van der Waals surface area contributed by atoms with Crippen LogP contribution in [0.1, 0.15) is 50.9 Å². The fourth-order valence-corrected chi connectivity index (χ4v) is 4.45. The molecule has 1 aliphatic heterocycles. The second-order valence-corrected chi connectivity index (χ2v) is 10.2. The number of hydrogen-bond donors (Lipinski definition) is 1. The van der Waals surface area contributed by atoms with Crippen LogP contribution in [-0.2, 0) is 19.1 Å². The van der Waals surface area contributed by atoms with E-state index in [1.54, 1.807) is 43.3 Å². The second-order valence-electron chi connectivity index (χ2n) is 8.96. The number of amides is 3. The number of carbonyl (C=O) groups excluding carboxylic acids is 4. The van der Waals surface area contributed by atoms with Crippen molar-refractivity contribution in [1.29, 1.82) is 0 Å². The number of esters is 1. The highest BCUT2D eigenvalue weighted by molar-refractivity contribution is 8.00. The van der Waals surface area contributed by atoms with Crippen LogP contribution >= 0.6 is 11.8 Å². The molecule has 0 bridgehead atoms. The van der Waals surface area contributed by atoms with Crippen molar-refractivity contribution in [1.82, 2.24) is 0 Å². The van der Waals surface area contributed by atoms with E-state index in [4.69, 9.17) is 4.74 Å². The number of rotatable bonds is 7. The molecule has 1 fully saturated rings. The van der Waals surface area contributed by atoms with E-state index in [0.717, 1.165) is 9.80 Å². The number of anilines is 2. The van der Waals surface area contributed by atoms with Crippen LogP contribution in [0.25, 0.3) is 0 Å². The highest BCUT2D eigenvalue weighted by Crippen LogP contribution is 2.34. The van der Waals surface area contributed by atoms with Crippen LogP contribution < -0.4 is 10.2 Å². The first kappa shape index (κ1) is 24.5. The van der Waals surface area contributed by atoms with Crippen LogP contribution in [-0.4, -0.2) is 35.5 Å². The first-order chi connectivity index (χ1) is 15.6. The predicted molar refractivity (Wildman–Crippen MR) is 128 cm³/mol. The Morgan fingerprint density at radius 2 is 1.70 bits per heavy atom. The third-order valence-corrected chi connectivity index (χ3v) is 6.05. The fourth-order valence-electron chi connectivity index (χ4n) is 3.40. The number of imide groups is 1. The monoisotopic (exact) mass is 468 g/mol. The largest absolute Gasteiger partial charge is 0.462 e. The molecule has 1 saturated heterocycles. The minimum atomic E-state index is -0.538. The summed E-state index contributed by atoms with van der Waals surface area (Å²) in [5, 5.41) is 2.34. The molecule has 33 heavy (non-hydrogen) atoms. The van der Waals surface area contributed by atoms with Crippen LogP contribution in [0.3, 0.4) is 0 Å². The van der Waals surface area contributed by atoms with Crippen LogP contribution in [0.5, 0.6) is 0 Å². The smallest absolute Gasteiger partial charge is 0.338 e. The molecule has 0 saturated carbocycles. The lowest BCUT2D eigenvalue weighted by Gasteiger charge is -2.17. The number of nitrogens with zero attached hydrogens (tertiary/aromatic N) is 1. The molecule has 174 valence electrons. The van der Waals surface area contributed by atoms with Gasteiger partial charge in [-0.2, -0.15) is 0 Å². The Balaban J connectivity index is 1.63. The van der Waals surface area contributed by atoms with Crippen molar-refractivity contribution in [2.75, 3.05) is 16.8 Å². The van der Waals surface area contributed by atoms with Crippen molar-refractivity contribution >= 4 is 46.8 Å². The topological polar surface area (TPSA) is 92.8 Å². The van der Waals surface area contributed by atoms with Gasteiger partial charge in [0.25, 0.3) is 0 Å². The molecule has 2 aromatic rings. The first-order valence-corrected chi connectivity index (χ1v) is 11.7. The molecule has 0 aromatic heterocycles. The van der Waals surface area contributed by atoms with Gasteiger partial charge in [0, 0.05) is 23.4 Å². The van der Waals surface area contributed by atoms with Gasteiger partial charge in [-0.3, -0.25) is 14.4 Å². The van der Waals surface area contributed by atoms with E-state index < -0.39 is 11.2 Å². The third-order valence-electron chi connectivity index (χ3n) is 4.85. The Morgan fingerprint density at radius 3 is 2.27 bits per heavy atom. The van der Waals surface area contributed by atoms with E-state index in [1.165, 1.54) is 11.8 Å². The van der Waals surface area contributed by atoms with Gasteiger partial charge in [-0.15, -0.1) is 11.8 Å². The summed E-state index contributed by atoms with van der Waals surface area (Å²) in [5.74, 6) is -1.08. The normalized spacial score (nSPS) is 16.1. The minimum Gasteiger partial charge on any atom is -0.462 e. The molecule has 1 aliphatic rings. The average Bonchev–Trinajstić information content (AvgIpc) is 3.01. The molecule has 1 N–H and O–H groups in total. The Labute approximate surface area is 197 Å². The maximum atomic E-state index is 12.9. The number of ether oxygens (including phenoxy) is 1. The lowest BCUT2D eigenvalue weighted by Crippen LogP contribution is -2.31. The molecular weight excluding hydrogens is 440 g/mol. The van der Waals surface area contributed by atoms with Crippen LogP contribution in [0.2, 0.25) is 0 Å². The summed E-state index contributed by atoms with van der Waals surface area (Å²) >= 11 is 1.31. The Kier molecular flexibility index (Phi) is 7.58. The molecule has 0 radical (unpaired) electrons. The molecule has 8 heteroatoms. The summed E-state index contributed by atoms with van der Waals surface area (Å²) in [4.78, 5) is 51.4. The Hall–Kier alpha value is -3.13. The first-order valence-electron chi connectivity index (χ1n) is 10.8. The highest BCUT2D eigenvalue weighted by atomic mass is 32.2. The van der Waals surface area contributed by atoms with Gasteiger partial charge in [-0.05, 0) is 60.9 Å². The van der Waals surface area contributed by atoms with E-state index in [9.17, 15) is 19.2 Å². The molecule has 1 unspecified atom stereocenters. The van der Waals surface area contributed by atoms with Crippen molar-refractivity contribution in [2.24, 2.45) is 5.41 Å². The Bertz CT molecular complexity index is 1040. The summed E-state index contributed by atoms with van der Waals surface area (Å²) in [7, 11) is 0. The maximum absolute atomic E-state index is 12.9. The molecule has 7 nitrogen and oxygen atoms in total. The Morgan fingerprint density at radius 1 is 1.06 bits per heavy atom. The molecule has 1 atom stereocenters. The van der Waals surface area contributed by atoms with Crippen molar-refractivity contribution in [3.63, 3.8) is 0 Å². The lowest BCUT2D eigenvalue weighted by atomic mass is 9.92. The predicted octanol–water partition coefficient (Wildman–Crippen LogP) is 4.66. The quantitative estimate of drug-likeness (QED) is 0.469. The van der Waals surface area contributed by atoms with Crippen molar-refractivity contribution < 1.29 is 23.9 Å². The summed E-state index contributed by atoms with van der Waals surface area (Å²) in [6, 6.07) is 13.5. The van der Waals surface area contributed by atoms with E-state index in [2.05, 4.69) is 5.32 Å². The zero-order valence-electron chi connectivity index (χ0n) is 19.2. The van der Waals surface area contributed by atoms with Gasteiger partial charge in [0.05, 0.1) is 23.1 Å². The highest BCUT2D eigenvalue weighted by Gasteiger charge is 2.40. The van der Waals surface area contributed by atoms with Gasteiger partial charge in [-0.25, -0.2) is 9.69 Å². The van der Waals surface area contributed by atoms with Crippen LogP contribution in [0.15, 0.2) is 53.4 Å². The molecular formula is C25H28N2O5S. The van der Waals surface area contributed by atoms with E-state index in [-0.39, 0.29) is 36.2 Å². The number of nitrogens with one attached hydrogen (secondary N) is 1. The number of carbonyl (C=O) groups is 4. The SMILES string of the molecule is CCOC(=O)c1ccc(N2C(=O)CC(Sc3ccc(NC(=O)CC(C)(C)C)cc3)C2=O)cc1. The van der Waals surface area contributed by atoms with E-state index in [0.29, 0.717) is 23.4 Å². The summed E-state index contributed by atoms with van der Waals surface area (Å²) in [6.45, 7) is 8.01. The van der Waals surface area contributed by atoms with Gasteiger partial charge < -0.3 is 10.1 Å². The van der Waals surface area contributed by atoms with Gasteiger partial charge >= 0.3 is 5.97 Å². The van der Waals surface area contributed by atoms with Gasteiger partial charge in [0.1, 0.15) is 0 Å². The maximum Gasteiger partial charge on any atom is 0.338 e. The fraction of sp³-hybridized carbons (Fsp3) is 0.360. The summed E-state index contributed by atoms with van der Waals surface area (Å²) < 4.78 is 4.96. The second kappa shape index (κ2) is 10.2. The molecule has 3 amide bonds. The summed E-state index contributed by atoms with van der Waals surface area (Å²) in [5.41, 5.74) is 1.38. The number of benzene rings is 2. The van der Waals surface area contributed by atoms with Gasteiger partial charge in [0.2, 0.25) is 17.7 Å². The van der Waals surface area contributed by atoms with Gasteiger partial charge in [-0.1, -0.05) is 20.8 Å². The third kappa shape index (κ3) is 6.44. The standard InChI is InChI=1S/C25H28N2O5S/c1-5-32-24(31)16-6-10-18(11-7-16)27-22(29)14-20(23(27)30)33-19-12-8-17(9-13-19)26-21(28)15-25(2,3)4/h6-13,20H,5,14-15H2,1-4H3,(H,26,28). The molecule has 3 rings (SSSR count). The van der Waals surface area contributed by atoms with Crippen molar-refractivity contribution in [2.45, 2.75) is 50.7 Å². The minimum absolute atomic E-state index is 0.0518. The molecule has 2 aromatic carbocycles.